The molecule has 2 unspecified atom stereocenters. The molecule has 1 amide bonds. The Morgan fingerprint density at radius 1 is 1.22 bits per heavy atom. The van der Waals surface area contributed by atoms with Crippen LogP contribution in [-0.4, -0.2) is 35.6 Å². The average Bonchev–Trinajstić information content (AvgIpc) is 2.88. The minimum Gasteiger partial charge on any atom is -0.391 e. The van der Waals surface area contributed by atoms with E-state index in [1.165, 1.54) is 0 Å². The number of nitrogens with zero attached hydrogens (tertiary/aromatic N) is 1. The fraction of sp³-hybridized carbons (Fsp3) is 0.316. The molecule has 2 aromatic rings. The van der Waals surface area contributed by atoms with E-state index in [1.54, 1.807) is 24.1 Å². The van der Waals surface area contributed by atoms with Crippen LogP contribution in [0.1, 0.15) is 22.7 Å². The Balaban J connectivity index is 1.65. The van der Waals surface area contributed by atoms with Crippen molar-refractivity contribution in [2.45, 2.75) is 25.1 Å². The summed E-state index contributed by atoms with van der Waals surface area (Å²) in [6.45, 7) is -0.00802. The lowest BCUT2D eigenvalue weighted by molar-refractivity contribution is -0.123. The first-order valence-electron chi connectivity index (χ1n) is 8.32. The Bertz CT molecular complexity index is 859. The van der Waals surface area contributed by atoms with Gasteiger partial charge in [-0.25, -0.2) is 8.78 Å². The van der Waals surface area contributed by atoms with Crippen LogP contribution in [0.5, 0.6) is 0 Å². The van der Waals surface area contributed by atoms with Gasteiger partial charge in [-0.1, -0.05) is 23.2 Å². The quantitative estimate of drug-likeness (QED) is 0.787. The molecule has 0 saturated carbocycles. The van der Waals surface area contributed by atoms with Gasteiger partial charge in [0.25, 0.3) is 0 Å². The van der Waals surface area contributed by atoms with Crippen LogP contribution in [0.25, 0.3) is 0 Å². The van der Waals surface area contributed by atoms with E-state index in [1.807, 2.05) is 0 Å². The Morgan fingerprint density at radius 3 is 2.56 bits per heavy atom. The average molecular weight is 415 g/mol. The predicted octanol–water partition coefficient (Wildman–Crippen LogP) is 3.48. The molecule has 0 heterocycles. The monoisotopic (exact) mass is 414 g/mol. The van der Waals surface area contributed by atoms with Crippen molar-refractivity contribution in [3.8, 4) is 0 Å². The smallest absolute Gasteiger partial charge is 0.234 e. The standard InChI is InChI=1S/C19H18Cl2F2N2O2/c1-25(9-18(27)24-8-10-2-12(22)6-13(23)3-10)19-15-4-11(20)5-16(21)14(15)7-17(19)26/h2-6,17,19,26H,7-9H2,1H3,(H,24,27). The lowest BCUT2D eigenvalue weighted by atomic mass is 10.1. The van der Waals surface area contributed by atoms with Crippen LogP contribution in [0.2, 0.25) is 10.0 Å². The van der Waals surface area contributed by atoms with Gasteiger partial charge in [0.15, 0.2) is 0 Å². The molecule has 2 N–H and O–H groups in total. The van der Waals surface area contributed by atoms with Crippen molar-refractivity contribution in [3.05, 3.63) is 68.7 Å². The van der Waals surface area contributed by atoms with Crippen LogP contribution in [0.3, 0.4) is 0 Å². The Kier molecular flexibility index (Phi) is 6.01. The summed E-state index contributed by atoms with van der Waals surface area (Å²) in [5.74, 6) is -1.73. The second kappa shape index (κ2) is 8.10. The molecule has 0 bridgehead atoms. The fourth-order valence-corrected chi connectivity index (χ4v) is 4.04. The highest BCUT2D eigenvalue weighted by atomic mass is 35.5. The number of halogens is 4. The predicted molar refractivity (Wildman–Crippen MR) is 99.7 cm³/mol. The van der Waals surface area contributed by atoms with Crippen molar-refractivity contribution >= 4 is 29.1 Å². The van der Waals surface area contributed by atoms with E-state index < -0.39 is 23.8 Å². The Labute approximate surface area is 165 Å². The van der Waals surface area contributed by atoms with Gasteiger partial charge in [-0.3, -0.25) is 9.69 Å². The van der Waals surface area contributed by atoms with Crippen molar-refractivity contribution < 1.29 is 18.7 Å². The van der Waals surface area contributed by atoms with Gasteiger partial charge in [-0.15, -0.1) is 0 Å². The molecule has 144 valence electrons. The fourth-order valence-electron chi connectivity index (χ4n) is 3.46. The lowest BCUT2D eigenvalue weighted by Crippen LogP contribution is -2.39. The molecule has 27 heavy (non-hydrogen) atoms. The van der Waals surface area contributed by atoms with E-state index in [0.29, 0.717) is 22.0 Å². The molecule has 0 radical (unpaired) electrons. The highest BCUT2D eigenvalue weighted by Gasteiger charge is 2.36. The molecule has 1 aliphatic carbocycles. The van der Waals surface area contributed by atoms with Crippen LogP contribution < -0.4 is 5.32 Å². The van der Waals surface area contributed by atoms with Gasteiger partial charge in [0, 0.05) is 29.1 Å². The van der Waals surface area contributed by atoms with Crippen LogP contribution in [0.15, 0.2) is 30.3 Å². The first-order chi connectivity index (χ1) is 12.7. The zero-order valence-electron chi connectivity index (χ0n) is 14.5. The highest BCUT2D eigenvalue weighted by molar-refractivity contribution is 6.35. The van der Waals surface area contributed by atoms with E-state index in [9.17, 15) is 18.7 Å². The number of rotatable bonds is 5. The third kappa shape index (κ3) is 4.58. The molecule has 0 aromatic heterocycles. The van der Waals surface area contributed by atoms with E-state index in [4.69, 9.17) is 23.2 Å². The first kappa shape index (κ1) is 20.0. The third-order valence-electron chi connectivity index (χ3n) is 4.57. The van der Waals surface area contributed by atoms with Gasteiger partial charge >= 0.3 is 0 Å². The van der Waals surface area contributed by atoms with E-state index >= 15 is 0 Å². The summed E-state index contributed by atoms with van der Waals surface area (Å²) in [5, 5.41) is 14.0. The van der Waals surface area contributed by atoms with Gasteiger partial charge in [-0.2, -0.15) is 0 Å². The number of nitrogens with one attached hydrogen (secondary N) is 1. The summed E-state index contributed by atoms with van der Waals surface area (Å²) in [4.78, 5) is 13.9. The number of hydrogen-bond acceptors (Lipinski definition) is 3. The number of aliphatic hydroxyl groups is 1. The van der Waals surface area contributed by atoms with Crippen LogP contribution in [-0.2, 0) is 17.8 Å². The zero-order valence-corrected chi connectivity index (χ0v) is 16.0. The zero-order chi connectivity index (χ0) is 19.7. The highest BCUT2D eigenvalue weighted by Crippen LogP contribution is 2.40. The lowest BCUT2D eigenvalue weighted by Gasteiger charge is -2.27. The Hall–Kier alpha value is -1.73. The molecule has 2 aromatic carbocycles. The number of hydrogen-bond donors (Lipinski definition) is 2. The number of carbonyl (C=O) groups excluding carboxylic acids is 1. The van der Waals surface area contributed by atoms with Crippen molar-refractivity contribution in [1.82, 2.24) is 10.2 Å². The third-order valence-corrected chi connectivity index (χ3v) is 5.13. The molecule has 3 rings (SSSR count). The van der Waals surface area contributed by atoms with Gasteiger partial charge in [0.1, 0.15) is 11.6 Å². The van der Waals surface area contributed by atoms with E-state index in [2.05, 4.69) is 5.32 Å². The molecule has 0 saturated heterocycles. The summed E-state index contributed by atoms with van der Waals surface area (Å²) in [5.41, 5.74) is 1.94. The number of aliphatic hydroxyl groups excluding tert-OH is 1. The summed E-state index contributed by atoms with van der Waals surface area (Å²) in [7, 11) is 1.71. The number of carbonyl (C=O) groups is 1. The van der Waals surface area contributed by atoms with Crippen molar-refractivity contribution in [1.29, 1.82) is 0 Å². The topological polar surface area (TPSA) is 52.6 Å². The number of benzene rings is 2. The maximum atomic E-state index is 13.2. The van der Waals surface area contributed by atoms with Crippen molar-refractivity contribution in [2.75, 3.05) is 13.6 Å². The SMILES string of the molecule is CN(CC(=O)NCc1cc(F)cc(F)c1)C1c2cc(Cl)cc(Cl)c2CC1O. The Morgan fingerprint density at radius 2 is 1.89 bits per heavy atom. The summed E-state index contributed by atoms with van der Waals surface area (Å²) in [6, 6.07) is 6.04. The van der Waals surface area contributed by atoms with E-state index in [0.717, 1.165) is 29.3 Å². The summed E-state index contributed by atoms with van der Waals surface area (Å²) < 4.78 is 26.4. The van der Waals surface area contributed by atoms with Crippen LogP contribution in [0.4, 0.5) is 8.78 Å². The minimum atomic E-state index is -0.717. The van der Waals surface area contributed by atoms with Gasteiger partial charge in [-0.05, 0) is 48.0 Å². The van der Waals surface area contributed by atoms with E-state index in [-0.39, 0.29) is 19.0 Å². The molecule has 0 spiro atoms. The molecule has 2 atom stereocenters. The normalized spacial score (nSPS) is 18.6. The van der Waals surface area contributed by atoms with Gasteiger partial charge in [0.2, 0.25) is 5.91 Å². The molecular formula is C19H18Cl2F2N2O2. The van der Waals surface area contributed by atoms with Crippen LogP contribution in [0, 0.1) is 11.6 Å². The molecule has 8 heteroatoms. The van der Waals surface area contributed by atoms with Crippen LogP contribution >= 0.6 is 23.2 Å². The maximum absolute atomic E-state index is 13.2. The van der Waals surface area contributed by atoms with Gasteiger partial charge in [0.05, 0.1) is 18.7 Å². The summed E-state index contributed by atoms with van der Waals surface area (Å²) in [6.07, 6.45) is -0.337. The van der Waals surface area contributed by atoms with Crippen molar-refractivity contribution in [3.63, 3.8) is 0 Å². The minimum absolute atomic E-state index is 0.00279. The second-order valence-corrected chi connectivity index (χ2v) is 7.48. The van der Waals surface area contributed by atoms with Gasteiger partial charge < -0.3 is 10.4 Å². The molecule has 0 aliphatic heterocycles. The number of fused-ring (bicyclic) bond motifs is 1. The second-order valence-electron chi connectivity index (χ2n) is 6.64. The number of likely N-dealkylation sites (N-methyl/N-ethyl adjacent to an activating group) is 1. The molecule has 1 aliphatic rings. The number of amides is 1. The molecule has 0 fully saturated rings. The maximum Gasteiger partial charge on any atom is 0.234 e. The molecule has 4 nitrogen and oxygen atoms in total. The summed E-state index contributed by atoms with van der Waals surface area (Å²) >= 11 is 12.3. The van der Waals surface area contributed by atoms with Crippen molar-refractivity contribution in [2.24, 2.45) is 0 Å². The first-order valence-corrected chi connectivity index (χ1v) is 9.08. The molecular weight excluding hydrogens is 397 g/mol. The largest absolute Gasteiger partial charge is 0.391 e.